The molecule has 38 heavy (non-hydrogen) atoms. The second kappa shape index (κ2) is 13.5. The Morgan fingerprint density at radius 1 is 1.18 bits per heavy atom. The van der Waals surface area contributed by atoms with Gasteiger partial charge in [-0.1, -0.05) is 12.1 Å². The number of nitrogens with one attached hydrogen (secondary N) is 1. The van der Waals surface area contributed by atoms with E-state index >= 15 is 0 Å². The van der Waals surface area contributed by atoms with Gasteiger partial charge in [0.25, 0.3) is 5.91 Å². The zero-order valence-corrected chi connectivity index (χ0v) is 21.4. The Bertz CT molecular complexity index is 1110. The van der Waals surface area contributed by atoms with Crippen LogP contribution in [-0.4, -0.2) is 66.3 Å². The van der Waals surface area contributed by atoms with Gasteiger partial charge in [-0.25, -0.2) is 9.18 Å². The van der Waals surface area contributed by atoms with Gasteiger partial charge < -0.3 is 34.6 Å². The SMILES string of the molecule is O=C(O)C(c1cc(F)ccc1OC1CCCCO1)N1Cc2cccc(NCCCCOCCCO)c2C1=O. The van der Waals surface area contributed by atoms with Crippen LogP contribution in [0.5, 0.6) is 5.75 Å². The highest BCUT2D eigenvalue weighted by Crippen LogP contribution is 2.39. The van der Waals surface area contributed by atoms with Crippen LogP contribution < -0.4 is 10.1 Å². The molecule has 10 heteroatoms. The van der Waals surface area contributed by atoms with E-state index in [1.54, 1.807) is 12.1 Å². The number of nitrogens with zero attached hydrogens (tertiary/aromatic N) is 1. The number of carbonyl (C=O) groups excluding carboxylic acids is 1. The zero-order valence-electron chi connectivity index (χ0n) is 21.4. The molecule has 0 aromatic heterocycles. The number of halogens is 1. The number of carboxylic acid groups (broad SMARTS) is 1. The van der Waals surface area contributed by atoms with Crippen LogP contribution in [0.1, 0.15) is 66.1 Å². The molecule has 0 radical (unpaired) electrons. The largest absolute Gasteiger partial charge is 0.479 e. The first kappa shape index (κ1) is 27.8. The minimum Gasteiger partial charge on any atom is -0.479 e. The molecule has 1 saturated heterocycles. The Morgan fingerprint density at radius 3 is 2.79 bits per heavy atom. The van der Waals surface area contributed by atoms with Crippen LogP contribution in [0.3, 0.4) is 0 Å². The molecular formula is C28H35FN2O7. The molecule has 3 N–H and O–H groups in total. The van der Waals surface area contributed by atoms with Gasteiger partial charge in [0.15, 0.2) is 12.3 Å². The van der Waals surface area contributed by atoms with Gasteiger partial charge in [0.2, 0.25) is 0 Å². The number of aliphatic hydroxyl groups is 1. The number of aliphatic carboxylic acids is 1. The monoisotopic (exact) mass is 530 g/mol. The van der Waals surface area contributed by atoms with Crippen molar-refractivity contribution >= 4 is 17.6 Å². The van der Waals surface area contributed by atoms with Crippen molar-refractivity contribution in [1.29, 1.82) is 0 Å². The van der Waals surface area contributed by atoms with Crippen LogP contribution in [-0.2, 0) is 20.8 Å². The smallest absolute Gasteiger partial charge is 0.331 e. The maximum atomic E-state index is 14.3. The van der Waals surface area contributed by atoms with Crippen molar-refractivity contribution in [2.75, 3.05) is 38.3 Å². The van der Waals surface area contributed by atoms with E-state index in [-0.39, 0.29) is 24.5 Å². The van der Waals surface area contributed by atoms with E-state index in [9.17, 15) is 19.1 Å². The fraction of sp³-hybridized carbons (Fsp3) is 0.500. The third-order valence-corrected chi connectivity index (χ3v) is 6.65. The average Bonchev–Trinajstić information content (AvgIpc) is 3.24. The standard InChI is InChI=1S/C28H35FN2O7/c29-20-10-11-23(38-24-9-1-3-16-37-24)21(17-20)26(28(34)35)31-18-19-7-5-8-22(25(19)27(31)33)30-12-2-4-14-36-15-6-13-32/h5,7-8,10-11,17,24,26,30,32H,1-4,6,9,12-16,18H2,(H,34,35). The lowest BCUT2D eigenvalue weighted by Gasteiger charge is -2.29. The number of amides is 1. The van der Waals surface area contributed by atoms with E-state index < -0.39 is 30.0 Å². The number of benzene rings is 2. The number of carbonyl (C=O) groups is 2. The predicted molar refractivity (Wildman–Crippen MR) is 138 cm³/mol. The first-order chi connectivity index (χ1) is 18.5. The lowest BCUT2D eigenvalue weighted by molar-refractivity contribution is -0.143. The summed E-state index contributed by atoms with van der Waals surface area (Å²) in [6, 6.07) is 7.70. The summed E-state index contributed by atoms with van der Waals surface area (Å²) in [6.07, 6.45) is 4.17. The van der Waals surface area contributed by atoms with Crippen LogP contribution >= 0.6 is 0 Å². The highest BCUT2D eigenvalue weighted by molar-refractivity contribution is 6.05. The summed E-state index contributed by atoms with van der Waals surface area (Å²) < 4.78 is 31.4. The summed E-state index contributed by atoms with van der Waals surface area (Å²) in [5.74, 6) is -2.14. The highest BCUT2D eigenvalue weighted by atomic mass is 19.1. The molecule has 2 unspecified atom stereocenters. The third-order valence-electron chi connectivity index (χ3n) is 6.65. The fourth-order valence-corrected chi connectivity index (χ4v) is 4.78. The van der Waals surface area contributed by atoms with Gasteiger partial charge in [0.05, 0.1) is 12.2 Å². The fourth-order valence-electron chi connectivity index (χ4n) is 4.78. The minimum absolute atomic E-state index is 0.0727. The highest BCUT2D eigenvalue weighted by Gasteiger charge is 2.40. The zero-order chi connectivity index (χ0) is 26.9. The molecule has 4 rings (SSSR count). The summed E-state index contributed by atoms with van der Waals surface area (Å²) in [5.41, 5.74) is 1.83. The normalized spacial score (nSPS) is 17.8. The van der Waals surface area contributed by atoms with E-state index in [0.29, 0.717) is 56.0 Å². The van der Waals surface area contributed by atoms with Crippen molar-refractivity contribution in [2.24, 2.45) is 0 Å². The molecule has 2 atom stereocenters. The molecule has 0 bridgehead atoms. The number of aliphatic hydroxyl groups excluding tert-OH is 1. The second-order valence-electron chi connectivity index (χ2n) is 9.43. The molecule has 9 nitrogen and oxygen atoms in total. The molecule has 2 aliphatic heterocycles. The topological polar surface area (TPSA) is 118 Å². The van der Waals surface area contributed by atoms with Crippen molar-refractivity contribution in [3.63, 3.8) is 0 Å². The predicted octanol–water partition coefficient (Wildman–Crippen LogP) is 4.10. The van der Waals surface area contributed by atoms with Gasteiger partial charge >= 0.3 is 5.97 Å². The van der Waals surface area contributed by atoms with E-state index in [1.807, 2.05) is 6.07 Å². The Balaban J connectivity index is 1.48. The van der Waals surface area contributed by atoms with Gasteiger partial charge in [-0.15, -0.1) is 0 Å². The first-order valence-electron chi connectivity index (χ1n) is 13.2. The quantitative estimate of drug-likeness (QED) is 0.313. The summed E-state index contributed by atoms with van der Waals surface area (Å²) in [6.45, 7) is 2.45. The molecule has 0 saturated carbocycles. The van der Waals surface area contributed by atoms with Crippen LogP contribution in [0.15, 0.2) is 36.4 Å². The number of ether oxygens (including phenoxy) is 3. The summed E-state index contributed by atoms with van der Waals surface area (Å²) in [5, 5.41) is 22.3. The Labute approximate surface area is 221 Å². The van der Waals surface area contributed by atoms with E-state index in [2.05, 4.69) is 5.32 Å². The molecule has 1 amide bonds. The van der Waals surface area contributed by atoms with Crippen molar-refractivity contribution < 1.29 is 38.4 Å². The van der Waals surface area contributed by atoms with Gasteiger partial charge in [0, 0.05) is 50.6 Å². The molecule has 2 aromatic carbocycles. The third kappa shape index (κ3) is 6.80. The maximum absolute atomic E-state index is 14.3. The Morgan fingerprint density at radius 2 is 2.03 bits per heavy atom. The summed E-state index contributed by atoms with van der Waals surface area (Å²) in [7, 11) is 0. The van der Waals surface area contributed by atoms with Gasteiger partial charge in [-0.2, -0.15) is 0 Å². The summed E-state index contributed by atoms with van der Waals surface area (Å²) in [4.78, 5) is 27.3. The van der Waals surface area contributed by atoms with Crippen LogP contribution in [0.25, 0.3) is 0 Å². The lowest BCUT2D eigenvalue weighted by atomic mass is 10.0. The van der Waals surface area contributed by atoms with Gasteiger partial charge in [-0.05, 0) is 61.9 Å². The number of hydrogen-bond acceptors (Lipinski definition) is 7. The number of anilines is 1. The first-order valence-corrected chi connectivity index (χ1v) is 13.2. The van der Waals surface area contributed by atoms with E-state index in [4.69, 9.17) is 19.3 Å². The number of rotatable bonds is 14. The molecule has 2 heterocycles. The van der Waals surface area contributed by atoms with Crippen molar-refractivity contribution in [3.05, 3.63) is 58.9 Å². The number of hydrogen-bond donors (Lipinski definition) is 3. The number of unbranched alkanes of at least 4 members (excludes halogenated alkanes) is 1. The second-order valence-corrected chi connectivity index (χ2v) is 9.43. The van der Waals surface area contributed by atoms with E-state index in [1.165, 1.54) is 17.0 Å². The average molecular weight is 531 g/mol. The minimum atomic E-state index is -1.44. The van der Waals surface area contributed by atoms with Crippen LogP contribution in [0.4, 0.5) is 10.1 Å². The van der Waals surface area contributed by atoms with Crippen LogP contribution in [0, 0.1) is 5.82 Å². The van der Waals surface area contributed by atoms with Crippen molar-refractivity contribution in [3.8, 4) is 5.75 Å². The molecule has 206 valence electrons. The lowest BCUT2D eigenvalue weighted by Crippen LogP contribution is -2.35. The molecule has 1 fully saturated rings. The maximum Gasteiger partial charge on any atom is 0.331 e. The Hall–Kier alpha value is -3.21. The van der Waals surface area contributed by atoms with Gasteiger partial charge in [0.1, 0.15) is 11.6 Å². The van der Waals surface area contributed by atoms with Crippen molar-refractivity contribution in [1.82, 2.24) is 4.90 Å². The number of fused-ring (bicyclic) bond motifs is 1. The Kier molecular flexibility index (Phi) is 9.91. The molecule has 2 aliphatic rings. The van der Waals surface area contributed by atoms with Crippen molar-refractivity contribution in [2.45, 2.75) is 57.4 Å². The molecular weight excluding hydrogens is 495 g/mol. The van der Waals surface area contributed by atoms with E-state index in [0.717, 1.165) is 31.7 Å². The number of carboxylic acids is 1. The molecule has 0 spiro atoms. The molecule has 0 aliphatic carbocycles. The van der Waals surface area contributed by atoms with Gasteiger partial charge in [-0.3, -0.25) is 4.79 Å². The summed E-state index contributed by atoms with van der Waals surface area (Å²) >= 11 is 0. The van der Waals surface area contributed by atoms with Crippen LogP contribution in [0.2, 0.25) is 0 Å². The molecule has 2 aromatic rings.